The SMILES string of the molecule is N#Cc1ccc(S(=O)(=O)N2CC[C@@H](n3cnc4cnc5c(c43)CCN5)C2)cc1. The van der Waals surface area contributed by atoms with Gasteiger partial charge >= 0.3 is 0 Å². The van der Waals surface area contributed by atoms with Crippen molar-refractivity contribution < 1.29 is 8.42 Å². The molecule has 1 atom stereocenters. The van der Waals surface area contributed by atoms with E-state index in [4.69, 9.17) is 5.26 Å². The molecule has 5 rings (SSSR count). The predicted molar refractivity (Wildman–Crippen MR) is 103 cm³/mol. The van der Waals surface area contributed by atoms with Crippen LogP contribution in [0.2, 0.25) is 0 Å². The van der Waals surface area contributed by atoms with Crippen LogP contribution in [0.3, 0.4) is 0 Å². The molecule has 1 N–H and O–H groups in total. The van der Waals surface area contributed by atoms with E-state index in [1.165, 1.54) is 28.6 Å². The molecule has 142 valence electrons. The predicted octanol–water partition coefficient (Wildman–Crippen LogP) is 1.91. The van der Waals surface area contributed by atoms with Crippen LogP contribution in [0.1, 0.15) is 23.6 Å². The number of imidazole rings is 1. The van der Waals surface area contributed by atoms with Crippen LogP contribution in [-0.4, -0.2) is 46.9 Å². The fourth-order valence-corrected chi connectivity index (χ4v) is 5.57. The maximum Gasteiger partial charge on any atom is 0.243 e. The highest BCUT2D eigenvalue weighted by molar-refractivity contribution is 7.89. The average molecular weight is 394 g/mol. The number of fused-ring (bicyclic) bond motifs is 3. The molecule has 0 aliphatic carbocycles. The molecule has 1 saturated heterocycles. The highest BCUT2D eigenvalue weighted by atomic mass is 32.2. The van der Waals surface area contributed by atoms with Gasteiger partial charge < -0.3 is 9.88 Å². The van der Waals surface area contributed by atoms with Gasteiger partial charge in [0, 0.05) is 25.2 Å². The molecule has 0 saturated carbocycles. The van der Waals surface area contributed by atoms with E-state index < -0.39 is 10.0 Å². The number of rotatable bonds is 3. The van der Waals surface area contributed by atoms with Crippen LogP contribution >= 0.6 is 0 Å². The van der Waals surface area contributed by atoms with Crippen molar-refractivity contribution in [1.82, 2.24) is 18.8 Å². The third-order valence-electron chi connectivity index (χ3n) is 5.52. The lowest BCUT2D eigenvalue weighted by Crippen LogP contribution is -2.29. The van der Waals surface area contributed by atoms with Crippen LogP contribution in [0.15, 0.2) is 41.7 Å². The van der Waals surface area contributed by atoms with Gasteiger partial charge in [-0.15, -0.1) is 0 Å². The molecule has 0 amide bonds. The Labute approximate surface area is 162 Å². The lowest BCUT2D eigenvalue weighted by Gasteiger charge is -2.18. The molecule has 8 nitrogen and oxygen atoms in total. The number of nitrogens with one attached hydrogen (secondary N) is 1. The first-order chi connectivity index (χ1) is 13.6. The molecule has 9 heteroatoms. The average Bonchev–Trinajstić information content (AvgIpc) is 3.45. The topological polar surface area (TPSA) is 104 Å². The van der Waals surface area contributed by atoms with E-state index in [1.807, 2.05) is 6.07 Å². The van der Waals surface area contributed by atoms with E-state index in [0.717, 1.165) is 41.8 Å². The zero-order valence-corrected chi connectivity index (χ0v) is 15.9. The van der Waals surface area contributed by atoms with Crippen molar-refractivity contribution in [3.8, 4) is 6.07 Å². The van der Waals surface area contributed by atoms with Gasteiger partial charge in [0.2, 0.25) is 10.0 Å². The van der Waals surface area contributed by atoms with Gasteiger partial charge in [0.1, 0.15) is 11.3 Å². The second kappa shape index (κ2) is 6.29. The van der Waals surface area contributed by atoms with E-state index in [9.17, 15) is 8.42 Å². The molecule has 2 aliphatic rings. The van der Waals surface area contributed by atoms with E-state index >= 15 is 0 Å². The molecule has 1 fully saturated rings. The second-order valence-electron chi connectivity index (χ2n) is 7.09. The summed E-state index contributed by atoms with van der Waals surface area (Å²) in [4.78, 5) is 9.12. The summed E-state index contributed by atoms with van der Waals surface area (Å²) in [6.07, 6.45) is 5.19. The number of hydrogen-bond acceptors (Lipinski definition) is 6. The third kappa shape index (κ3) is 2.57. The van der Waals surface area contributed by atoms with Gasteiger partial charge in [-0.1, -0.05) is 0 Å². The maximum atomic E-state index is 13.0. The lowest BCUT2D eigenvalue weighted by atomic mass is 10.1. The van der Waals surface area contributed by atoms with E-state index in [2.05, 4.69) is 19.9 Å². The smallest absolute Gasteiger partial charge is 0.243 e. The number of aromatic nitrogens is 3. The first-order valence-electron chi connectivity index (χ1n) is 9.16. The van der Waals surface area contributed by atoms with Crippen LogP contribution in [0.5, 0.6) is 0 Å². The van der Waals surface area contributed by atoms with Crippen molar-refractivity contribution in [3.63, 3.8) is 0 Å². The van der Waals surface area contributed by atoms with Crippen molar-refractivity contribution in [2.45, 2.75) is 23.8 Å². The van der Waals surface area contributed by atoms with Crippen LogP contribution < -0.4 is 5.32 Å². The Morgan fingerprint density at radius 1 is 1.21 bits per heavy atom. The molecule has 0 bridgehead atoms. The van der Waals surface area contributed by atoms with Gasteiger partial charge in [0.25, 0.3) is 0 Å². The largest absolute Gasteiger partial charge is 0.369 e. The Morgan fingerprint density at radius 3 is 2.82 bits per heavy atom. The number of hydrogen-bond donors (Lipinski definition) is 1. The summed E-state index contributed by atoms with van der Waals surface area (Å²) in [5, 5.41) is 12.2. The minimum Gasteiger partial charge on any atom is -0.369 e. The molecule has 3 aromatic rings. The second-order valence-corrected chi connectivity index (χ2v) is 9.03. The molecule has 2 aromatic heterocycles. The molecule has 0 unspecified atom stereocenters. The van der Waals surface area contributed by atoms with Gasteiger partial charge in [-0.2, -0.15) is 9.57 Å². The van der Waals surface area contributed by atoms with Crippen molar-refractivity contribution >= 4 is 26.9 Å². The molecule has 0 radical (unpaired) electrons. The van der Waals surface area contributed by atoms with E-state index in [0.29, 0.717) is 18.7 Å². The van der Waals surface area contributed by atoms with Gasteiger partial charge in [-0.05, 0) is 37.1 Å². The number of nitriles is 1. The summed E-state index contributed by atoms with van der Waals surface area (Å²) in [7, 11) is -3.59. The highest BCUT2D eigenvalue weighted by Crippen LogP contribution is 2.33. The van der Waals surface area contributed by atoms with E-state index in [-0.39, 0.29) is 10.9 Å². The van der Waals surface area contributed by atoms with Crippen molar-refractivity contribution in [3.05, 3.63) is 47.9 Å². The summed E-state index contributed by atoms with van der Waals surface area (Å²) in [5.74, 6) is 0.898. The number of nitrogens with zero attached hydrogens (tertiary/aromatic N) is 5. The van der Waals surface area contributed by atoms with Crippen LogP contribution in [0.25, 0.3) is 11.0 Å². The lowest BCUT2D eigenvalue weighted by molar-refractivity contribution is 0.454. The quantitative estimate of drug-likeness (QED) is 0.728. The maximum absolute atomic E-state index is 13.0. The highest BCUT2D eigenvalue weighted by Gasteiger charge is 2.34. The van der Waals surface area contributed by atoms with Crippen LogP contribution in [0.4, 0.5) is 5.82 Å². The summed E-state index contributed by atoms with van der Waals surface area (Å²) in [6, 6.07) is 8.11. The number of benzene rings is 1. The minimum atomic E-state index is -3.59. The molecule has 4 heterocycles. The van der Waals surface area contributed by atoms with Crippen molar-refractivity contribution in [1.29, 1.82) is 5.26 Å². The summed E-state index contributed by atoms with van der Waals surface area (Å²) in [6.45, 7) is 1.72. The van der Waals surface area contributed by atoms with Crippen molar-refractivity contribution in [2.75, 3.05) is 25.0 Å². The number of pyridine rings is 1. The Bertz CT molecular complexity index is 1210. The Balaban J connectivity index is 1.46. The summed E-state index contributed by atoms with van der Waals surface area (Å²) >= 11 is 0. The Kier molecular flexibility index (Phi) is 3.86. The molecular weight excluding hydrogens is 376 g/mol. The summed E-state index contributed by atoms with van der Waals surface area (Å²) < 4.78 is 29.6. The Hall–Kier alpha value is -2.96. The number of sulfonamides is 1. The molecule has 1 aromatic carbocycles. The van der Waals surface area contributed by atoms with Gasteiger partial charge in [-0.25, -0.2) is 18.4 Å². The van der Waals surface area contributed by atoms with Crippen molar-refractivity contribution in [2.24, 2.45) is 0 Å². The first-order valence-corrected chi connectivity index (χ1v) is 10.6. The van der Waals surface area contributed by atoms with Crippen LogP contribution in [-0.2, 0) is 16.4 Å². The minimum absolute atomic E-state index is 0.0326. The van der Waals surface area contributed by atoms with Gasteiger partial charge in [-0.3, -0.25) is 0 Å². The first kappa shape index (κ1) is 17.2. The molecule has 0 spiro atoms. The zero-order valence-electron chi connectivity index (χ0n) is 15.0. The molecular formula is C19H18N6O2S. The summed E-state index contributed by atoms with van der Waals surface area (Å²) in [5.41, 5.74) is 3.50. The molecule has 28 heavy (non-hydrogen) atoms. The van der Waals surface area contributed by atoms with E-state index in [1.54, 1.807) is 12.5 Å². The van der Waals surface area contributed by atoms with Gasteiger partial charge in [0.15, 0.2) is 0 Å². The van der Waals surface area contributed by atoms with Crippen LogP contribution in [0, 0.1) is 11.3 Å². The standard InChI is InChI=1S/C19H18N6O2S/c20-9-13-1-3-15(4-2-13)28(26,27)24-8-6-14(11-24)25-12-23-17-10-22-19-16(18(17)25)5-7-21-19/h1-4,10,12,14H,5-8,11H2,(H,21,22)/t14-/m1/s1. The fraction of sp³-hybridized carbons (Fsp3) is 0.316. The fourth-order valence-electron chi connectivity index (χ4n) is 4.07. The third-order valence-corrected chi connectivity index (χ3v) is 7.40. The zero-order chi connectivity index (χ0) is 19.3. The monoisotopic (exact) mass is 394 g/mol. The van der Waals surface area contributed by atoms with Gasteiger partial charge in [0.05, 0.1) is 40.6 Å². The molecule has 2 aliphatic heterocycles. The number of anilines is 1. The normalized spacial score (nSPS) is 19.5. The Morgan fingerprint density at radius 2 is 2.04 bits per heavy atom.